The van der Waals surface area contributed by atoms with Gasteiger partial charge in [-0.3, -0.25) is 24.5 Å². The van der Waals surface area contributed by atoms with Crippen molar-refractivity contribution >= 4 is 23.1 Å². The van der Waals surface area contributed by atoms with E-state index >= 15 is 0 Å². The zero-order valence-electron chi connectivity index (χ0n) is 13.4. The molecule has 2 aliphatic rings. The number of fused-ring (bicyclic) bond motifs is 1. The average molecular weight is 382 g/mol. The van der Waals surface area contributed by atoms with Crippen LogP contribution in [-0.4, -0.2) is 71.3 Å². The van der Waals surface area contributed by atoms with E-state index in [0.717, 1.165) is 10.9 Å². The normalized spacial score (nSPS) is 30.7. The number of aromatic amines is 1. The highest BCUT2D eigenvalue weighted by molar-refractivity contribution is 6.02. The summed E-state index contributed by atoms with van der Waals surface area (Å²) < 4.78 is 6.97. The predicted molar refractivity (Wildman–Crippen MR) is 83.3 cm³/mol. The maximum atomic E-state index is 12.6. The van der Waals surface area contributed by atoms with Crippen LogP contribution >= 0.6 is 0 Å². The highest BCUT2D eigenvalue weighted by Gasteiger charge is 2.44. The molecule has 2 aromatic heterocycles. The van der Waals surface area contributed by atoms with Gasteiger partial charge in [0, 0.05) is 0 Å². The quantitative estimate of drug-likeness (QED) is 0.285. The van der Waals surface area contributed by atoms with Crippen molar-refractivity contribution in [3.63, 3.8) is 0 Å². The van der Waals surface area contributed by atoms with Crippen molar-refractivity contribution in [3.05, 3.63) is 27.2 Å². The van der Waals surface area contributed by atoms with E-state index in [-0.39, 0.29) is 11.2 Å². The molecule has 0 bridgehead atoms. The summed E-state index contributed by atoms with van der Waals surface area (Å²) in [5, 5.41) is 33.2. The van der Waals surface area contributed by atoms with E-state index in [4.69, 9.17) is 4.74 Å². The first kappa shape index (κ1) is 17.3. The third kappa shape index (κ3) is 2.46. The molecule has 2 unspecified atom stereocenters. The van der Waals surface area contributed by atoms with Gasteiger partial charge in [-0.25, -0.2) is 19.1 Å². The Morgan fingerprint density at radius 3 is 2.52 bits per heavy atom. The number of aliphatic hydroxyl groups is 3. The van der Waals surface area contributed by atoms with Gasteiger partial charge in [0.2, 0.25) is 0 Å². The highest BCUT2D eigenvalue weighted by atomic mass is 16.6. The maximum Gasteiger partial charge on any atom is 0.332 e. The van der Waals surface area contributed by atoms with Crippen LogP contribution in [0.5, 0.6) is 0 Å². The minimum absolute atomic E-state index is 0.124. The number of amides is 3. The number of rotatable bonds is 3. The minimum Gasteiger partial charge on any atom is -0.394 e. The second-order valence-electron chi connectivity index (χ2n) is 6.05. The summed E-state index contributed by atoms with van der Waals surface area (Å²) in [7, 11) is 0. The molecule has 0 aliphatic carbocycles. The van der Waals surface area contributed by atoms with E-state index in [1.807, 2.05) is 5.32 Å². The number of aromatic nitrogens is 4. The number of hydrogen-bond acceptors (Lipinski definition) is 9. The largest absolute Gasteiger partial charge is 0.394 e. The SMILES string of the molecule is O=C1NC(=O)C(n2c(=O)[nH]c3c(ncn3C3O[C@H](CO)[C@@H](O)[C@H]3O)c2=O)N1. The van der Waals surface area contributed by atoms with E-state index in [2.05, 4.69) is 15.3 Å². The van der Waals surface area contributed by atoms with E-state index in [9.17, 15) is 34.5 Å². The van der Waals surface area contributed by atoms with Crippen LogP contribution in [-0.2, 0) is 9.53 Å². The first-order chi connectivity index (χ1) is 12.8. The number of imide groups is 1. The van der Waals surface area contributed by atoms with Crippen LogP contribution in [0.4, 0.5) is 4.79 Å². The fourth-order valence-corrected chi connectivity index (χ4v) is 3.13. The second kappa shape index (κ2) is 5.98. The van der Waals surface area contributed by atoms with Gasteiger partial charge >= 0.3 is 11.7 Å². The number of ether oxygens (including phenoxy) is 1. The maximum absolute atomic E-state index is 12.6. The van der Waals surface area contributed by atoms with Gasteiger partial charge in [-0.15, -0.1) is 0 Å². The molecule has 4 rings (SSSR count). The third-order valence-electron chi connectivity index (χ3n) is 4.46. The first-order valence-corrected chi connectivity index (χ1v) is 7.78. The number of H-pyrrole nitrogens is 1. The summed E-state index contributed by atoms with van der Waals surface area (Å²) in [5.74, 6) is -0.880. The molecule has 14 nitrogen and oxygen atoms in total. The molecule has 144 valence electrons. The second-order valence-corrected chi connectivity index (χ2v) is 6.05. The summed E-state index contributed by atoms with van der Waals surface area (Å²) in [5.41, 5.74) is -2.35. The molecule has 2 aliphatic heterocycles. The molecule has 0 radical (unpaired) electrons. The topological polar surface area (TPSA) is 201 Å². The van der Waals surface area contributed by atoms with Crippen LogP contribution in [0.15, 0.2) is 15.9 Å². The molecule has 2 saturated heterocycles. The van der Waals surface area contributed by atoms with Gasteiger partial charge in [0.25, 0.3) is 11.5 Å². The van der Waals surface area contributed by atoms with Gasteiger partial charge in [-0.2, -0.15) is 0 Å². The van der Waals surface area contributed by atoms with Crippen molar-refractivity contribution in [2.24, 2.45) is 0 Å². The van der Waals surface area contributed by atoms with Gasteiger partial charge in [0.1, 0.15) is 24.0 Å². The summed E-state index contributed by atoms with van der Waals surface area (Å²) in [6.45, 7) is -0.554. The van der Waals surface area contributed by atoms with E-state index in [0.29, 0.717) is 4.57 Å². The lowest BCUT2D eigenvalue weighted by Gasteiger charge is -2.17. The fourth-order valence-electron chi connectivity index (χ4n) is 3.13. The molecular weight excluding hydrogens is 368 g/mol. The fraction of sp³-hybridized carbons (Fsp3) is 0.462. The number of carbonyl (C=O) groups excluding carboxylic acids is 2. The molecule has 0 aromatic carbocycles. The van der Waals surface area contributed by atoms with Crippen LogP contribution in [0.25, 0.3) is 11.2 Å². The Morgan fingerprint density at radius 2 is 1.93 bits per heavy atom. The summed E-state index contributed by atoms with van der Waals surface area (Å²) >= 11 is 0. The predicted octanol–water partition coefficient (Wildman–Crippen LogP) is -4.16. The lowest BCUT2D eigenvalue weighted by Crippen LogP contribution is -2.44. The lowest BCUT2D eigenvalue weighted by atomic mass is 10.1. The Kier molecular flexibility index (Phi) is 3.84. The van der Waals surface area contributed by atoms with E-state index in [1.165, 1.54) is 0 Å². The Balaban J connectivity index is 1.82. The van der Waals surface area contributed by atoms with Crippen LogP contribution in [0.1, 0.15) is 12.4 Å². The number of hydrogen-bond donors (Lipinski definition) is 6. The number of carbonyl (C=O) groups is 2. The Labute approximate surface area is 148 Å². The Hall–Kier alpha value is -3.07. The summed E-state index contributed by atoms with van der Waals surface area (Å²) in [4.78, 5) is 54.2. The van der Waals surface area contributed by atoms with Crippen molar-refractivity contribution in [2.45, 2.75) is 30.7 Å². The van der Waals surface area contributed by atoms with Crippen molar-refractivity contribution in [2.75, 3.05) is 6.61 Å². The van der Waals surface area contributed by atoms with Crippen molar-refractivity contribution < 1.29 is 29.6 Å². The molecule has 6 N–H and O–H groups in total. The van der Waals surface area contributed by atoms with Crippen molar-refractivity contribution in [3.8, 4) is 0 Å². The number of imidazole rings is 1. The minimum atomic E-state index is -1.53. The number of urea groups is 1. The molecule has 14 heteroatoms. The van der Waals surface area contributed by atoms with Crippen LogP contribution < -0.4 is 21.9 Å². The monoisotopic (exact) mass is 382 g/mol. The van der Waals surface area contributed by atoms with Crippen LogP contribution in [0, 0.1) is 0 Å². The first-order valence-electron chi connectivity index (χ1n) is 7.78. The van der Waals surface area contributed by atoms with Crippen LogP contribution in [0.3, 0.4) is 0 Å². The molecule has 3 amide bonds. The molecule has 0 saturated carbocycles. The Morgan fingerprint density at radius 1 is 1.19 bits per heavy atom. The number of nitrogens with one attached hydrogen (secondary N) is 3. The van der Waals surface area contributed by atoms with Gasteiger partial charge in [0.15, 0.2) is 17.9 Å². The molecular formula is C13H14N6O8. The zero-order chi connectivity index (χ0) is 19.5. The molecule has 5 atom stereocenters. The smallest absolute Gasteiger partial charge is 0.332 e. The summed E-state index contributed by atoms with van der Waals surface area (Å²) in [6.07, 6.45) is -5.56. The lowest BCUT2D eigenvalue weighted by molar-refractivity contribution is -0.122. The zero-order valence-corrected chi connectivity index (χ0v) is 13.4. The Bertz CT molecular complexity index is 1060. The van der Waals surface area contributed by atoms with E-state index in [1.54, 1.807) is 0 Å². The average Bonchev–Trinajstić information content (AvgIpc) is 3.26. The molecule has 0 spiro atoms. The van der Waals surface area contributed by atoms with Gasteiger partial charge in [-0.05, 0) is 0 Å². The number of nitrogens with zero attached hydrogens (tertiary/aromatic N) is 3. The van der Waals surface area contributed by atoms with Crippen LogP contribution in [0.2, 0.25) is 0 Å². The molecule has 4 heterocycles. The number of aliphatic hydroxyl groups excluding tert-OH is 3. The third-order valence-corrected chi connectivity index (χ3v) is 4.46. The van der Waals surface area contributed by atoms with Gasteiger partial charge in [0.05, 0.1) is 12.9 Å². The standard InChI is InChI=1S/C13H14N6O8/c20-1-3-5(21)6(22)11(27-3)18-2-14-4-7(18)16-13(26)19(10(4)24)8-9(23)17-12(25)15-8/h2-3,5-6,8,11,20-22H,1H2,(H,16,26)(H2,15,17,23,25)/t3-,5-,6-,8?,11?/m1/s1. The highest BCUT2D eigenvalue weighted by Crippen LogP contribution is 2.30. The van der Waals surface area contributed by atoms with Crippen molar-refractivity contribution in [1.29, 1.82) is 0 Å². The van der Waals surface area contributed by atoms with E-state index < -0.39 is 60.5 Å². The van der Waals surface area contributed by atoms with Gasteiger partial charge in [-0.1, -0.05) is 0 Å². The van der Waals surface area contributed by atoms with Gasteiger partial charge < -0.3 is 25.4 Å². The molecule has 27 heavy (non-hydrogen) atoms. The molecule has 2 aromatic rings. The van der Waals surface area contributed by atoms with Crippen molar-refractivity contribution in [1.82, 2.24) is 29.7 Å². The summed E-state index contributed by atoms with van der Waals surface area (Å²) in [6, 6.07) is -0.853. The molecule has 2 fully saturated rings.